The van der Waals surface area contributed by atoms with Crippen LogP contribution in [0.1, 0.15) is 114 Å². The van der Waals surface area contributed by atoms with Crippen LogP contribution in [-0.2, 0) is 17.6 Å². The smallest absolute Gasteiger partial charge is 0.228 e. The second-order valence-electron chi connectivity index (χ2n) is 13.8. The first-order valence-corrected chi connectivity index (χ1v) is 19.9. The number of hydrogen-bond acceptors (Lipinski definition) is 3. The molecule has 0 fully saturated rings. The summed E-state index contributed by atoms with van der Waals surface area (Å²) in [5.74, 6) is -0.0394. The van der Waals surface area contributed by atoms with Gasteiger partial charge in [-0.2, -0.15) is 0 Å². The minimum Gasteiger partial charge on any atom is -0.359 e. The number of hydrogen-bond donors (Lipinski definition) is 2. The summed E-state index contributed by atoms with van der Waals surface area (Å²) >= 11 is 0. The molecule has 1 aliphatic rings. The van der Waals surface area contributed by atoms with E-state index in [1.807, 2.05) is 24.3 Å². The van der Waals surface area contributed by atoms with Crippen LogP contribution in [0.4, 0.5) is 11.4 Å². The monoisotopic (exact) mass is 707 g/mol. The first-order valence-electron chi connectivity index (χ1n) is 19.9. The molecular formula is C49H61N3O. The van der Waals surface area contributed by atoms with Crippen LogP contribution in [-0.4, -0.2) is 18.2 Å². The van der Waals surface area contributed by atoms with Crippen molar-refractivity contribution in [1.29, 1.82) is 0 Å². The summed E-state index contributed by atoms with van der Waals surface area (Å²) in [7, 11) is 0. The van der Waals surface area contributed by atoms with E-state index in [1.54, 1.807) is 0 Å². The van der Waals surface area contributed by atoms with Crippen molar-refractivity contribution in [3.8, 4) is 0 Å². The SMILES string of the molecule is C=C(CCC/C=C\C/C=C\C/C=C\C/C=C\CCCCC)Nc1ccc(NC(=O)CC2=C(c3ccc(CC)cc3)C(c3ccc(CC)cc3)=NC2)cc1. The van der Waals surface area contributed by atoms with Gasteiger partial charge < -0.3 is 10.6 Å². The Morgan fingerprint density at radius 3 is 1.70 bits per heavy atom. The van der Waals surface area contributed by atoms with Gasteiger partial charge in [0.1, 0.15) is 0 Å². The van der Waals surface area contributed by atoms with Crippen LogP contribution in [0, 0.1) is 0 Å². The Hall–Kier alpha value is -4.96. The molecule has 278 valence electrons. The van der Waals surface area contributed by atoms with Crippen molar-refractivity contribution in [3.05, 3.63) is 162 Å². The summed E-state index contributed by atoms with van der Waals surface area (Å²) in [6, 6.07) is 25.2. The Balaban J connectivity index is 1.18. The summed E-state index contributed by atoms with van der Waals surface area (Å²) in [6.07, 6.45) is 31.5. The summed E-state index contributed by atoms with van der Waals surface area (Å²) in [5.41, 5.74) is 10.6. The Kier molecular flexibility index (Phi) is 18.1. The van der Waals surface area contributed by atoms with Crippen molar-refractivity contribution in [1.82, 2.24) is 0 Å². The minimum absolute atomic E-state index is 0.0394. The molecule has 0 bridgehead atoms. The van der Waals surface area contributed by atoms with E-state index in [4.69, 9.17) is 4.99 Å². The third-order valence-corrected chi connectivity index (χ3v) is 9.48. The maximum Gasteiger partial charge on any atom is 0.228 e. The van der Waals surface area contributed by atoms with Crippen LogP contribution < -0.4 is 10.6 Å². The van der Waals surface area contributed by atoms with Crippen LogP contribution in [0.3, 0.4) is 0 Å². The molecule has 0 unspecified atom stereocenters. The summed E-state index contributed by atoms with van der Waals surface area (Å²) < 4.78 is 0. The quantitative estimate of drug-likeness (QED) is 0.0761. The highest BCUT2D eigenvalue weighted by Crippen LogP contribution is 2.32. The summed E-state index contributed by atoms with van der Waals surface area (Å²) in [4.78, 5) is 18.3. The lowest BCUT2D eigenvalue weighted by Crippen LogP contribution is -2.13. The fraction of sp³-hybridized carbons (Fsp3) is 0.347. The number of carbonyl (C=O) groups is 1. The number of benzene rings is 3. The third kappa shape index (κ3) is 14.5. The predicted octanol–water partition coefficient (Wildman–Crippen LogP) is 13.2. The van der Waals surface area contributed by atoms with E-state index in [1.165, 1.54) is 36.8 Å². The molecule has 0 atom stereocenters. The number of aliphatic imine (C=N–C) groups is 1. The van der Waals surface area contributed by atoms with Crippen molar-refractivity contribution in [3.63, 3.8) is 0 Å². The lowest BCUT2D eigenvalue weighted by atomic mass is 9.91. The van der Waals surface area contributed by atoms with Gasteiger partial charge in [0.15, 0.2) is 0 Å². The second kappa shape index (κ2) is 23.6. The maximum atomic E-state index is 13.3. The highest BCUT2D eigenvalue weighted by atomic mass is 16.1. The molecule has 4 heteroatoms. The highest BCUT2D eigenvalue weighted by molar-refractivity contribution is 6.34. The molecule has 4 nitrogen and oxygen atoms in total. The number of aryl methyl sites for hydroxylation is 2. The zero-order valence-corrected chi connectivity index (χ0v) is 32.5. The first-order chi connectivity index (χ1) is 26.0. The Bertz CT molecular complexity index is 1750. The molecule has 53 heavy (non-hydrogen) atoms. The molecule has 0 aliphatic carbocycles. The molecule has 0 saturated heterocycles. The zero-order valence-electron chi connectivity index (χ0n) is 32.5. The molecule has 4 rings (SSSR count). The molecule has 0 radical (unpaired) electrons. The number of unbranched alkanes of at least 4 members (excludes halogenated alkanes) is 4. The largest absolute Gasteiger partial charge is 0.359 e. The number of anilines is 2. The van der Waals surface area contributed by atoms with Gasteiger partial charge in [-0.15, -0.1) is 0 Å². The van der Waals surface area contributed by atoms with E-state index in [0.29, 0.717) is 13.0 Å². The van der Waals surface area contributed by atoms with Crippen molar-refractivity contribution in [2.24, 2.45) is 4.99 Å². The highest BCUT2D eigenvalue weighted by Gasteiger charge is 2.24. The van der Waals surface area contributed by atoms with Crippen molar-refractivity contribution in [2.75, 3.05) is 17.2 Å². The van der Waals surface area contributed by atoms with E-state index in [0.717, 1.165) is 96.4 Å². The molecule has 3 aromatic rings. The van der Waals surface area contributed by atoms with Crippen LogP contribution >= 0.6 is 0 Å². The van der Waals surface area contributed by atoms with Gasteiger partial charge in [0, 0.05) is 28.2 Å². The van der Waals surface area contributed by atoms with Crippen LogP contribution in [0.15, 0.2) is 144 Å². The Labute approximate surface area is 320 Å². The van der Waals surface area contributed by atoms with Gasteiger partial charge >= 0.3 is 0 Å². The van der Waals surface area contributed by atoms with Gasteiger partial charge in [-0.1, -0.05) is 137 Å². The van der Waals surface area contributed by atoms with E-state index < -0.39 is 0 Å². The molecule has 0 saturated carbocycles. The maximum absolute atomic E-state index is 13.3. The first kappa shape index (κ1) is 40.8. The minimum atomic E-state index is -0.0394. The standard InChI is InChI=1S/C49H61N3O/c1-5-8-9-10-11-12-13-14-15-16-17-18-19-20-21-22-23-24-39(4)51-45-33-35-46(36-34-45)52-47(53)37-44-38-50-49(43-31-27-41(7-3)28-32-43)48(44)42-29-25-40(6-2)26-30-42/h11-12,14-15,17-18,20-21,25-36,51H,4-10,13,16,19,22-24,37-38H2,1-3H3,(H,52,53)/b12-11-,15-14-,18-17-,21-20-. The zero-order chi connectivity index (χ0) is 37.5. The van der Waals surface area contributed by atoms with E-state index in [2.05, 4.69) is 135 Å². The number of allylic oxidation sites excluding steroid dienone is 10. The third-order valence-electron chi connectivity index (χ3n) is 9.48. The number of amides is 1. The average Bonchev–Trinajstić information content (AvgIpc) is 3.59. The van der Waals surface area contributed by atoms with Gasteiger partial charge in [0.25, 0.3) is 0 Å². The number of carbonyl (C=O) groups excluding carboxylic acids is 1. The van der Waals surface area contributed by atoms with E-state index in [-0.39, 0.29) is 5.91 Å². The van der Waals surface area contributed by atoms with Crippen molar-refractivity contribution in [2.45, 2.75) is 104 Å². The Morgan fingerprint density at radius 1 is 0.642 bits per heavy atom. The van der Waals surface area contributed by atoms with Crippen molar-refractivity contribution >= 4 is 28.6 Å². The summed E-state index contributed by atoms with van der Waals surface area (Å²) in [5, 5.41) is 6.52. The number of rotatable bonds is 23. The van der Waals surface area contributed by atoms with Crippen LogP contribution in [0.5, 0.6) is 0 Å². The van der Waals surface area contributed by atoms with E-state index in [9.17, 15) is 4.79 Å². The lowest BCUT2D eigenvalue weighted by molar-refractivity contribution is -0.115. The molecular weight excluding hydrogens is 647 g/mol. The molecule has 1 amide bonds. The topological polar surface area (TPSA) is 53.5 Å². The fourth-order valence-electron chi connectivity index (χ4n) is 6.32. The predicted molar refractivity (Wildman–Crippen MR) is 231 cm³/mol. The molecule has 0 aromatic heterocycles. The lowest BCUT2D eigenvalue weighted by Gasteiger charge is -2.13. The van der Waals surface area contributed by atoms with E-state index >= 15 is 0 Å². The second-order valence-corrected chi connectivity index (χ2v) is 13.8. The van der Waals surface area contributed by atoms with Gasteiger partial charge in [0.2, 0.25) is 5.91 Å². The average molecular weight is 708 g/mol. The molecule has 3 aromatic carbocycles. The molecule has 0 spiro atoms. The normalized spacial score (nSPS) is 13.2. The Morgan fingerprint density at radius 2 is 1.15 bits per heavy atom. The van der Waals surface area contributed by atoms with Gasteiger partial charge in [-0.05, 0) is 111 Å². The fourth-order valence-corrected chi connectivity index (χ4v) is 6.32. The van der Waals surface area contributed by atoms with Gasteiger partial charge in [-0.3, -0.25) is 9.79 Å². The van der Waals surface area contributed by atoms with Gasteiger partial charge in [0.05, 0.1) is 18.7 Å². The molecule has 1 aliphatic heterocycles. The van der Waals surface area contributed by atoms with Crippen molar-refractivity contribution < 1.29 is 4.79 Å². The number of nitrogens with zero attached hydrogens (tertiary/aromatic N) is 1. The van der Waals surface area contributed by atoms with Crippen LogP contribution in [0.2, 0.25) is 0 Å². The molecule has 1 heterocycles. The molecule has 2 N–H and O–H groups in total. The summed E-state index contributed by atoms with van der Waals surface area (Å²) in [6.45, 7) is 11.3. The van der Waals surface area contributed by atoms with Crippen LogP contribution in [0.25, 0.3) is 5.57 Å². The van der Waals surface area contributed by atoms with Gasteiger partial charge in [-0.25, -0.2) is 0 Å². The number of nitrogens with one attached hydrogen (secondary N) is 2.